The number of aromatic carboxylic acids is 1. The average molecular weight is 352 g/mol. The number of carbonyl (C=O) groups is 1. The van der Waals surface area contributed by atoms with E-state index in [1.165, 1.54) is 6.20 Å². The molecule has 1 aromatic carbocycles. The minimum absolute atomic E-state index is 0.0977. The molecule has 1 aliphatic carbocycles. The smallest absolute Gasteiger partial charge is 0.341 e. The second kappa shape index (κ2) is 5.76. The summed E-state index contributed by atoms with van der Waals surface area (Å²) in [4.78, 5) is 28.2. The van der Waals surface area contributed by atoms with Crippen LogP contribution in [0.5, 0.6) is 0 Å². The first-order valence-electron chi connectivity index (χ1n) is 8.42. The van der Waals surface area contributed by atoms with E-state index in [-0.39, 0.29) is 17.0 Å². The third-order valence-electron chi connectivity index (χ3n) is 4.68. The van der Waals surface area contributed by atoms with Gasteiger partial charge in [-0.1, -0.05) is 0 Å². The predicted octanol–water partition coefficient (Wildman–Crippen LogP) is 3.85. The number of benzene rings is 1. The number of hydrogen-bond donors (Lipinski definition) is 1. The van der Waals surface area contributed by atoms with Crippen LogP contribution >= 0.6 is 0 Å². The summed E-state index contributed by atoms with van der Waals surface area (Å²) in [6, 6.07) is 6.54. The molecule has 132 valence electrons. The molecule has 1 aliphatic rings. The number of carboxylic acid groups (broad SMARTS) is 1. The summed E-state index contributed by atoms with van der Waals surface area (Å²) in [6.45, 7) is 3.68. The Morgan fingerprint density at radius 3 is 2.42 bits per heavy atom. The lowest BCUT2D eigenvalue weighted by atomic mass is 10.0. The number of carboxylic acids is 1. The molecular formula is C20H17FN2O3. The van der Waals surface area contributed by atoms with Gasteiger partial charge in [0.15, 0.2) is 0 Å². The van der Waals surface area contributed by atoms with E-state index >= 15 is 0 Å². The number of nitrogens with zero attached hydrogens (tertiary/aromatic N) is 2. The molecule has 2 heterocycles. The van der Waals surface area contributed by atoms with Gasteiger partial charge >= 0.3 is 5.97 Å². The van der Waals surface area contributed by atoms with Gasteiger partial charge in [0.05, 0.1) is 5.52 Å². The van der Waals surface area contributed by atoms with Gasteiger partial charge in [0.25, 0.3) is 0 Å². The highest BCUT2D eigenvalue weighted by atomic mass is 19.1. The largest absolute Gasteiger partial charge is 0.477 e. The molecule has 6 heteroatoms. The van der Waals surface area contributed by atoms with E-state index in [0.29, 0.717) is 16.6 Å². The maximum absolute atomic E-state index is 14.8. The Kier molecular flexibility index (Phi) is 3.64. The van der Waals surface area contributed by atoms with Crippen LogP contribution in [0.1, 0.15) is 40.6 Å². The van der Waals surface area contributed by atoms with Crippen LogP contribution < -0.4 is 5.43 Å². The van der Waals surface area contributed by atoms with Gasteiger partial charge in [0, 0.05) is 34.6 Å². The Balaban J connectivity index is 2.05. The maximum atomic E-state index is 14.8. The lowest BCUT2D eigenvalue weighted by Crippen LogP contribution is -2.19. The van der Waals surface area contributed by atoms with Crippen LogP contribution in [0.3, 0.4) is 0 Å². The molecule has 0 bridgehead atoms. The van der Waals surface area contributed by atoms with Crippen molar-refractivity contribution in [2.45, 2.75) is 32.7 Å². The van der Waals surface area contributed by atoms with E-state index in [2.05, 4.69) is 4.98 Å². The Morgan fingerprint density at radius 1 is 1.19 bits per heavy atom. The van der Waals surface area contributed by atoms with Gasteiger partial charge in [-0.25, -0.2) is 9.18 Å². The summed E-state index contributed by atoms with van der Waals surface area (Å²) < 4.78 is 16.6. The molecule has 0 atom stereocenters. The van der Waals surface area contributed by atoms with Crippen LogP contribution in [-0.4, -0.2) is 20.6 Å². The predicted molar refractivity (Wildman–Crippen MR) is 96.1 cm³/mol. The van der Waals surface area contributed by atoms with Gasteiger partial charge in [-0.15, -0.1) is 0 Å². The van der Waals surface area contributed by atoms with Gasteiger partial charge in [-0.2, -0.15) is 0 Å². The maximum Gasteiger partial charge on any atom is 0.341 e. The number of hydrogen-bond acceptors (Lipinski definition) is 3. The Morgan fingerprint density at radius 2 is 1.85 bits per heavy atom. The van der Waals surface area contributed by atoms with Crippen LogP contribution in [0.2, 0.25) is 0 Å². The highest BCUT2D eigenvalue weighted by Crippen LogP contribution is 2.38. The second-order valence-corrected chi connectivity index (χ2v) is 6.80. The zero-order chi connectivity index (χ0) is 18.6. The van der Waals surface area contributed by atoms with Gasteiger partial charge in [-0.05, 0) is 56.5 Å². The lowest BCUT2D eigenvalue weighted by molar-refractivity contribution is 0.0695. The summed E-state index contributed by atoms with van der Waals surface area (Å²) in [6.07, 6.45) is 3.21. The molecule has 0 saturated heterocycles. The highest BCUT2D eigenvalue weighted by Gasteiger charge is 2.27. The zero-order valence-electron chi connectivity index (χ0n) is 14.4. The van der Waals surface area contributed by atoms with E-state index in [4.69, 9.17) is 0 Å². The van der Waals surface area contributed by atoms with E-state index in [1.54, 1.807) is 22.8 Å². The third-order valence-corrected chi connectivity index (χ3v) is 4.68. The zero-order valence-corrected chi connectivity index (χ0v) is 14.4. The number of rotatable bonds is 3. The van der Waals surface area contributed by atoms with Gasteiger partial charge in [0.2, 0.25) is 5.43 Å². The third kappa shape index (κ3) is 2.67. The van der Waals surface area contributed by atoms with Crippen molar-refractivity contribution in [3.8, 4) is 11.1 Å². The first-order valence-corrected chi connectivity index (χ1v) is 8.42. The molecule has 1 saturated carbocycles. The molecule has 0 spiro atoms. The Labute approximate surface area is 148 Å². The van der Waals surface area contributed by atoms with Crippen LogP contribution in [0.15, 0.2) is 35.3 Å². The monoisotopic (exact) mass is 352 g/mol. The average Bonchev–Trinajstić information content (AvgIpc) is 3.38. The first-order chi connectivity index (χ1) is 12.3. The highest BCUT2D eigenvalue weighted by molar-refractivity contribution is 5.94. The topological polar surface area (TPSA) is 72.2 Å². The first kappa shape index (κ1) is 16.4. The number of fused-ring (bicyclic) bond motifs is 1. The van der Waals surface area contributed by atoms with Crippen LogP contribution in [0, 0.1) is 19.7 Å². The van der Waals surface area contributed by atoms with Crippen molar-refractivity contribution in [1.29, 1.82) is 0 Å². The molecule has 26 heavy (non-hydrogen) atoms. The van der Waals surface area contributed by atoms with Gasteiger partial charge in [0.1, 0.15) is 11.4 Å². The fourth-order valence-electron chi connectivity index (χ4n) is 3.39. The molecule has 2 aromatic heterocycles. The van der Waals surface area contributed by atoms with Gasteiger partial charge < -0.3 is 9.67 Å². The van der Waals surface area contributed by atoms with Crippen LogP contribution in [0.4, 0.5) is 4.39 Å². The van der Waals surface area contributed by atoms with Crippen molar-refractivity contribution >= 4 is 16.9 Å². The van der Waals surface area contributed by atoms with Crippen LogP contribution in [-0.2, 0) is 0 Å². The molecule has 1 fully saturated rings. The molecule has 4 rings (SSSR count). The normalized spacial score (nSPS) is 14.0. The minimum atomic E-state index is -1.30. The fourth-order valence-corrected chi connectivity index (χ4v) is 3.39. The molecule has 0 unspecified atom stereocenters. The van der Waals surface area contributed by atoms with Crippen LogP contribution in [0.25, 0.3) is 22.0 Å². The molecule has 0 amide bonds. The standard InChI is InChI=1S/C20H17FN2O3/c1-10-5-12(6-11(2)22-10)14-8-18-15(7-17(14)21)19(24)16(20(25)26)9-23(18)13-3-4-13/h5-9,13H,3-4H2,1-2H3,(H,25,26). The van der Waals surface area contributed by atoms with E-state index in [1.807, 2.05) is 13.8 Å². The molecule has 3 aromatic rings. The second-order valence-electron chi connectivity index (χ2n) is 6.80. The summed E-state index contributed by atoms with van der Waals surface area (Å²) in [7, 11) is 0. The van der Waals surface area contributed by atoms with Crippen molar-refractivity contribution in [3.05, 3.63) is 63.5 Å². The number of aryl methyl sites for hydroxylation is 2. The molecule has 0 aliphatic heterocycles. The van der Waals surface area contributed by atoms with Crippen molar-refractivity contribution in [2.75, 3.05) is 0 Å². The molecule has 5 nitrogen and oxygen atoms in total. The number of pyridine rings is 2. The Bertz CT molecular complexity index is 1110. The van der Waals surface area contributed by atoms with Crippen molar-refractivity contribution in [1.82, 2.24) is 9.55 Å². The lowest BCUT2D eigenvalue weighted by Gasteiger charge is -2.14. The fraction of sp³-hybridized carbons (Fsp3) is 0.250. The number of aromatic nitrogens is 2. The van der Waals surface area contributed by atoms with Gasteiger partial charge in [-0.3, -0.25) is 9.78 Å². The summed E-state index contributed by atoms with van der Waals surface area (Å²) in [5.41, 5.74) is 2.20. The van der Waals surface area contributed by atoms with Crippen molar-refractivity contribution in [2.24, 2.45) is 0 Å². The molecular weight excluding hydrogens is 335 g/mol. The minimum Gasteiger partial charge on any atom is -0.477 e. The Hall–Kier alpha value is -3.02. The summed E-state index contributed by atoms with van der Waals surface area (Å²) >= 11 is 0. The quantitative estimate of drug-likeness (QED) is 0.777. The van der Waals surface area contributed by atoms with Crippen molar-refractivity contribution < 1.29 is 14.3 Å². The summed E-state index contributed by atoms with van der Waals surface area (Å²) in [5, 5.41) is 9.40. The van der Waals surface area contributed by atoms with E-state index < -0.39 is 17.2 Å². The van der Waals surface area contributed by atoms with E-state index in [9.17, 15) is 19.1 Å². The molecule has 1 N–H and O–H groups in total. The summed E-state index contributed by atoms with van der Waals surface area (Å²) in [5.74, 6) is -1.85. The number of halogens is 1. The van der Waals surface area contributed by atoms with E-state index in [0.717, 1.165) is 30.3 Å². The SMILES string of the molecule is Cc1cc(-c2cc3c(cc2F)c(=O)c(C(=O)O)cn3C2CC2)cc(C)n1. The molecule has 0 radical (unpaired) electrons. The van der Waals surface area contributed by atoms with Crippen molar-refractivity contribution in [3.63, 3.8) is 0 Å².